The average molecular weight is 416 g/mol. The zero-order chi connectivity index (χ0) is 15.9. The van der Waals surface area contributed by atoms with E-state index < -0.39 is 0 Å². The number of nitrogens with one attached hydrogen (secondary N) is 1. The van der Waals surface area contributed by atoms with E-state index in [0.717, 1.165) is 31.6 Å². The Morgan fingerprint density at radius 2 is 1.95 bits per heavy atom. The fraction of sp³-hybridized carbons (Fsp3) is 0.667. The summed E-state index contributed by atoms with van der Waals surface area (Å²) in [5.74, 6) is 1.09. The van der Waals surface area contributed by atoms with Crippen LogP contribution in [0.3, 0.4) is 0 Å². The smallest absolute Gasteiger partial charge is 0.123 e. The lowest BCUT2D eigenvalue weighted by Crippen LogP contribution is -2.21. The first kappa shape index (κ1) is 18.0. The molecule has 2 N–H and O–H groups in total. The van der Waals surface area contributed by atoms with Crippen LogP contribution in [0.2, 0.25) is 0 Å². The molecule has 2 rings (SSSR count). The van der Waals surface area contributed by atoms with Crippen LogP contribution in [0.25, 0.3) is 0 Å². The SMILES string of the molecule is CN(C)CCCNCc1cc(I)cc(C2CCCCC2)c1O. The molecule has 1 aliphatic rings. The summed E-state index contributed by atoms with van der Waals surface area (Å²) < 4.78 is 1.24. The molecular weight excluding hydrogens is 387 g/mol. The van der Waals surface area contributed by atoms with Crippen molar-refractivity contribution < 1.29 is 5.11 Å². The Balaban J connectivity index is 1.97. The van der Waals surface area contributed by atoms with Gasteiger partial charge in [0.1, 0.15) is 5.75 Å². The fourth-order valence-corrected chi connectivity index (χ4v) is 3.99. The second-order valence-corrected chi connectivity index (χ2v) is 7.92. The third kappa shape index (κ3) is 5.39. The zero-order valence-corrected chi connectivity index (χ0v) is 16.0. The van der Waals surface area contributed by atoms with Crippen molar-refractivity contribution in [2.24, 2.45) is 0 Å². The molecule has 0 saturated heterocycles. The van der Waals surface area contributed by atoms with Crippen molar-refractivity contribution in [3.63, 3.8) is 0 Å². The summed E-state index contributed by atoms with van der Waals surface area (Å²) in [7, 11) is 4.20. The van der Waals surface area contributed by atoms with Crippen molar-refractivity contribution >= 4 is 22.6 Å². The van der Waals surface area contributed by atoms with Crippen LogP contribution in [-0.2, 0) is 6.54 Å². The molecule has 0 radical (unpaired) electrons. The normalized spacial score (nSPS) is 16.4. The quantitative estimate of drug-likeness (QED) is 0.519. The lowest BCUT2D eigenvalue weighted by atomic mass is 9.83. The van der Waals surface area contributed by atoms with Gasteiger partial charge in [-0.2, -0.15) is 0 Å². The molecule has 22 heavy (non-hydrogen) atoms. The lowest BCUT2D eigenvalue weighted by molar-refractivity contribution is 0.392. The first-order valence-electron chi connectivity index (χ1n) is 8.44. The Bertz CT molecular complexity index is 470. The van der Waals surface area contributed by atoms with E-state index in [1.54, 1.807) is 0 Å². The number of hydrogen-bond acceptors (Lipinski definition) is 3. The van der Waals surface area contributed by atoms with Crippen LogP contribution in [0.15, 0.2) is 12.1 Å². The molecule has 0 amide bonds. The number of phenols is 1. The molecule has 1 aliphatic carbocycles. The third-order valence-corrected chi connectivity index (χ3v) is 5.13. The molecule has 124 valence electrons. The predicted molar refractivity (Wildman–Crippen MR) is 102 cm³/mol. The summed E-state index contributed by atoms with van der Waals surface area (Å²) >= 11 is 2.38. The highest BCUT2D eigenvalue weighted by atomic mass is 127. The van der Waals surface area contributed by atoms with Gasteiger partial charge in [-0.3, -0.25) is 0 Å². The Labute approximate surface area is 148 Å². The first-order valence-corrected chi connectivity index (χ1v) is 9.52. The third-order valence-electron chi connectivity index (χ3n) is 4.50. The summed E-state index contributed by atoms with van der Waals surface area (Å²) in [6.45, 7) is 2.84. The molecule has 0 atom stereocenters. The number of phenolic OH excluding ortho intramolecular Hbond substituents is 1. The van der Waals surface area contributed by atoms with Crippen LogP contribution < -0.4 is 5.32 Å². The number of nitrogens with zero attached hydrogens (tertiary/aromatic N) is 1. The van der Waals surface area contributed by atoms with Gasteiger partial charge in [0, 0.05) is 15.7 Å². The van der Waals surface area contributed by atoms with Gasteiger partial charge in [0.15, 0.2) is 0 Å². The molecule has 0 unspecified atom stereocenters. The standard InChI is InChI=1S/C18H29IN2O/c1-21(2)10-6-9-20-13-15-11-16(19)12-17(18(15)22)14-7-4-3-5-8-14/h11-12,14,20,22H,3-10,13H2,1-2H3. The van der Waals surface area contributed by atoms with E-state index in [0.29, 0.717) is 11.7 Å². The number of benzene rings is 1. The molecular formula is C18H29IN2O. The Morgan fingerprint density at radius 1 is 1.23 bits per heavy atom. The highest BCUT2D eigenvalue weighted by Gasteiger charge is 2.20. The van der Waals surface area contributed by atoms with Gasteiger partial charge in [-0.15, -0.1) is 0 Å². The van der Waals surface area contributed by atoms with E-state index >= 15 is 0 Å². The largest absolute Gasteiger partial charge is 0.507 e. The molecule has 1 saturated carbocycles. The maximum atomic E-state index is 10.7. The molecule has 0 aromatic heterocycles. The van der Waals surface area contributed by atoms with Gasteiger partial charge < -0.3 is 15.3 Å². The van der Waals surface area contributed by atoms with Crippen molar-refractivity contribution in [3.05, 3.63) is 26.8 Å². The summed E-state index contributed by atoms with van der Waals surface area (Å²) in [6, 6.07) is 4.29. The maximum absolute atomic E-state index is 10.7. The van der Waals surface area contributed by atoms with Crippen molar-refractivity contribution in [1.29, 1.82) is 0 Å². The van der Waals surface area contributed by atoms with Gasteiger partial charge in [-0.05, 0) is 92.7 Å². The second kappa shape index (κ2) is 9.08. The number of aromatic hydroxyl groups is 1. The van der Waals surface area contributed by atoms with E-state index in [-0.39, 0.29) is 0 Å². The van der Waals surface area contributed by atoms with Crippen molar-refractivity contribution in [3.8, 4) is 5.75 Å². The molecule has 1 aromatic carbocycles. The number of rotatable bonds is 7. The van der Waals surface area contributed by atoms with Gasteiger partial charge in [-0.1, -0.05) is 19.3 Å². The van der Waals surface area contributed by atoms with Crippen LogP contribution in [0.5, 0.6) is 5.75 Å². The highest BCUT2D eigenvalue weighted by Crippen LogP contribution is 2.39. The topological polar surface area (TPSA) is 35.5 Å². The highest BCUT2D eigenvalue weighted by molar-refractivity contribution is 14.1. The lowest BCUT2D eigenvalue weighted by Gasteiger charge is -2.24. The summed E-state index contributed by atoms with van der Waals surface area (Å²) in [6.07, 6.45) is 7.53. The summed E-state index contributed by atoms with van der Waals surface area (Å²) in [5, 5.41) is 14.1. The Hall–Kier alpha value is -0.330. The molecule has 0 bridgehead atoms. The van der Waals surface area contributed by atoms with Crippen LogP contribution in [0.4, 0.5) is 0 Å². The van der Waals surface area contributed by atoms with E-state index in [1.165, 1.54) is 41.2 Å². The van der Waals surface area contributed by atoms with Gasteiger partial charge in [-0.25, -0.2) is 0 Å². The Kier molecular flexibility index (Phi) is 7.44. The molecule has 1 fully saturated rings. The Morgan fingerprint density at radius 3 is 2.64 bits per heavy atom. The predicted octanol–water partition coefficient (Wildman–Crippen LogP) is 4.09. The van der Waals surface area contributed by atoms with Crippen LogP contribution in [-0.4, -0.2) is 37.2 Å². The minimum atomic E-state index is 0.535. The molecule has 1 aromatic rings. The van der Waals surface area contributed by atoms with E-state index in [2.05, 4.69) is 59.0 Å². The monoisotopic (exact) mass is 416 g/mol. The molecule has 3 nitrogen and oxygen atoms in total. The molecule has 0 spiro atoms. The second-order valence-electron chi connectivity index (χ2n) is 6.67. The maximum Gasteiger partial charge on any atom is 0.123 e. The average Bonchev–Trinajstić information content (AvgIpc) is 2.50. The van der Waals surface area contributed by atoms with Gasteiger partial charge in [0.25, 0.3) is 0 Å². The number of halogens is 1. The van der Waals surface area contributed by atoms with Crippen molar-refractivity contribution in [2.75, 3.05) is 27.2 Å². The van der Waals surface area contributed by atoms with Crippen LogP contribution in [0, 0.1) is 3.57 Å². The zero-order valence-electron chi connectivity index (χ0n) is 13.9. The summed E-state index contributed by atoms with van der Waals surface area (Å²) in [4.78, 5) is 2.20. The van der Waals surface area contributed by atoms with Crippen molar-refractivity contribution in [2.45, 2.75) is 51.0 Å². The van der Waals surface area contributed by atoms with Crippen LogP contribution >= 0.6 is 22.6 Å². The number of hydrogen-bond donors (Lipinski definition) is 2. The van der Waals surface area contributed by atoms with Crippen molar-refractivity contribution in [1.82, 2.24) is 10.2 Å². The van der Waals surface area contributed by atoms with Gasteiger partial charge in [0.2, 0.25) is 0 Å². The fourth-order valence-electron chi connectivity index (χ4n) is 3.28. The summed E-state index contributed by atoms with van der Waals surface area (Å²) in [5.41, 5.74) is 2.23. The van der Waals surface area contributed by atoms with Gasteiger partial charge in [0.05, 0.1) is 0 Å². The van der Waals surface area contributed by atoms with Crippen LogP contribution in [0.1, 0.15) is 55.6 Å². The van der Waals surface area contributed by atoms with E-state index in [1.807, 2.05) is 0 Å². The van der Waals surface area contributed by atoms with E-state index in [9.17, 15) is 5.11 Å². The van der Waals surface area contributed by atoms with Gasteiger partial charge >= 0.3 is 0 Å². The first-order chi connectivity index (χ1) is 10.6. The molecule has 4 heteroatoms. The minimum absolute atomic E-state index is 0.535. The molecule has 0 aliphatic heterocycles. The minimum Gasteiger partial charge on any atom is -0.507 e. The van der Waals surface area contributed by atoms with E-state index in [4.69, 9.17) is 0 Å². The molecule has 0 heterocycles.